The number of carbonyl (C=O) groups excluding carboxylic acids is 1. The normalized spacial score (nSPS) is 10.8. The highest BCUT2D eigenvalue weighted by Crippen LogP contribution is 2.30. The number of nitrogens with zero attached hydrogens (tertiary/aromatic N) is 2. The number of carbonyl (C=O) groups is 2. The topological polar surface area (TPSA) is 134 Å². The van der Waals surface area contributed by atoms with Crippen LogP contribution in [0.15, 0.2) is 66.7 Å². The van der Waals surface area contributed by atoms with Gasteiger partial charge in [0.05, 0.1) is 17.5 Å². The number of nitrogens with two attached hydrogens (primary N) is 1. The average Bonchev–Trinajstić information content (AvgIpc) is 3.17. The van der Waals surface area contributed by atoms with E-state index in [1.807, 2.05) is 47.9 Å². The molecule has 0 aliphatic carbocycles. The quantitative estimate of drug-likeness (QED) is 0.257. The summed E-state index contributed by atoms with van der Waals surface area (Å²) < 4.78 is 2.03. The third-order valence-electron chi connectivity index (χ3n) is 5.26. The Morgan fingerprint density at radius 2 is 1.79 bits per heavy atom. The van der Waals surface area contributed by atoms with Crippen LogP contribution in [-0.2, 0) is 4.79 Å². The highest BCUT2D eigenvalue weighted by molar-refractivity contribution is 5.98. The summed E-state index contributed by atoms with van der Waals surface area (Å²) in [4.78, 5) is 28.0. The Balaban J connectivity index is 1.81. The number of benzene rings is 3. The minimum Gasteiger partial charge on any atom is -0.481 e. The number of nitrogens with one attached hydrogen (secondary N) is 2. The number of rotatable bonds is 7. The van der Waals surface area contributed by atoms with E-state index in [-0.39, 0.29) is 24.7 Å². The molecule has 4 aromatic rings. The van der Waals surface area contributed by atoms with Crippen LogP contribution in [0.25, 0.3) is 28.1 Å². The molecule has 4 rings (SSSR count). The lowest BCUT2D eigenvalue weighted by Gasteiger charge is -2.11. The predicted octanol–water partition coefficient (Wildman–Crippen LogP) is 3.49. The van der Waals surface area contributed by atoms with E-state index >= 15 is 0 Å². The van der Waals surface area contributed by atoms with Gasteiger partial charge in [0.1, 0.15) is 11.7 Å². The fourth-order valence-corrected chi connectivity index (χ4v) is 3.63. The van der Waals surface area contributed by atoms with Gasteiger partial charge in [-0.3, -0.25) is 19.6 Å². The molecule has 3 aromatic carbocycles. The fraction of sp³-hybridized carbons (Fsp3) is 0.120. The van der Waals surface area contributed by atoms with Gasteiger partial charge < -0.3 is 16.2 Å². The van der Waals surface area contributed by atoms with E-state index < -0.39 is 5.97 Å². The second-order valence-corrected chi connectivity index (χ2v) is 7.70. The molecule has 0 atom stereocenters. The molecule has 0 unspecified atom stereocenters. The molecule has 0 aliphatic heterocycles. The van der Waals surface area contributed by atoms with Crippen molar-refractivity contribution < 1.29 is 14.7 Å². The Bertz CT molecular complexity index is 1370. The van der Waals surface area contributed by atoms with Crippen LogP contribution in [0, 0.1) is 12.3 Å². The van der Waals surface area contributed by atoms with Crippen molar-refractivity contribution in [1.82, 2.24) is 14.9 Å². The number of fused-ring (bicyclic) bond motifs is 1. The number of amides is 1. The van der Waals surface area contributed by atoms with Gasteiger partial charge in [-0.1, -0.05) is 36.4 Å². The van der Waals surface area contributed by atoms with E-state index in [1.54, 1.807) is 24.3 Å². The molecule has 33 heavy (non-hydrogen) atoms. The van der Waals surface area contributed by atoms with Crippen LogP contribution in [0.4, 0.5) is 0 Å². The Kier molecular flexibility index (Phi) is 5.91. The lowest BCUT2D eigenvalue weighted by molar-refractivity contribution is -0.136. The van der Waals surface area contributed by atoms with E-state index in [4.69, 9.17) is 21.2 Å². The lowest BCUT2D eigenvalue weighted by Crippen LogP contribution is -2.25. The highest BCUT2D eigenvalue weighted by atomic mass is 16.4. The summed E-state index contributed by atoms with van der Waals surface area (Å²) >= 11 is 0. The number of imidazole rings is 1. The molecule has 0 aliphatic rings. The number of carboxylic acids is 1. The Hall–Kier alpha value is -4.46. The van der Waals surface area contributed by atoms with Crippen LogP contribution >= 0.6 is 0 Å². The van der Waals surface area contributed by atoms with E-state index in [9.17, 15) is 9.59 Å². The number of amidine groups is 1. The van der Waals surface area contributed by atoms with Gasteiger partial charge in [-0.2, -0.15) is 0 Å². The molecule has 0 saturated carbocycles. The van der Waals surface area contributed by atoms with Crippen molar-refractivity contribution in [1.29, 1.82) is 5.41 Å². The summed E-state index contributed by atoms with van der Waals surface area (Å²) in [5.41, 5.74) is 10.9. The molecule has 0 radical (unpaired) electrons. The molecular formula is C25H23N5O3. The van der Waals surface area contributed by atoms with E-state index in [1.165, 1.54) is 0 Å². The number of hydrogen-bond donors (Lipinski definition) is 4. The summed E-state index contributed by atoms with van der Waals surface area (Å²) in [6.07, 6.45) is -0.142. The third kappa shape index (κ3) is 4.59. The fourth-order valence-electron chi connectivity index (χ4n) is 3.63. The zero-order valence-corrected chi connectivity index (χ0v) is 18.0. The van der Waals surface area contributed by atoms with E-state index in [2.05, 4.69) is 11.4 Å². The smallest absolute Gasteiger partial charge is 0.305 e. The monoisotopic (exact) mass is 441 g/mol. The molecule has 1 heterocycles. The number of carboxylic acid groups (broad SMARTS) is 1. The van der Waals surface area contributed by atoms with Crippen molar-refractivity contribution in [3.05, 3.63) is 83.4 Å². The number of aryl methyl sites for hydroxylation is 1. The van der Waals surface area contributed by atoms with Crippen LogP contribution in [0.1, 0.15) is 27.9 Å². The molecule has 8 heteroatoms. The summed E-state index contributed by atoms with van der Waals surface area (Å²) in [6.45, 7) is 2.07. The third-order valence-corrected chi connectivity index (χ3v) is 5.26. The van der Waals surface area contributed by atoms with Crippen molar-refractivity contribution in [2.75, 3.05) is 6.54 Å². The van der Waals surface area contributed by atoms with Crippen molar-refractivity contribution >= 4 is 28.7 Å². The minimum atomic E-state index is -0.969. The number of aliphatic carboxylic acids is 1. The summed E-state index contributed by atoms with van der Waals surface area (Å²) in [6, 6.07) is 20.6. The van der Waals surface area contributed by atoms with E-state index in [0.29, 0.717) is 22.5 Å². The Labute approximate surface area is 190 Å². The van der Waals surface area contributed by atoms with Crippen molar-refractivity contribution in [2.24, 2.45) is 5.73 Å². The zero-order chi connectivity index (χ0) is 23.5. The maximum absolute atomic E-state index is 12.5. The van der Waals surface area contributed by atoms with Gasteiger partial charge in [-0.15, -0.1) is 0 Å². The van der Waals surface area contributed by atoms with Crippen LogP contribution in [-0.4, -0.2) is 38.9 Å². The zero-order valence-electron chi connectivity index (χ0n) is 18.0. The van der Waals surface area contributed by atoms with Gasteiger partial charge in [-0.05, 0) is 42.8 Å². The van der Waals surface area contributed by atoms with Crippen LogP contribution in [0.2, 0.25) is 0 Å². The second kappa shape index (κ2) is 8.96. The van der Waals surface area contributed by atoms with Gasteiger partial charge >= 0.3 is 5.97 Å². The largest absolute Gasteiger partial charge is 0.481 e. The molecule has 1 aromatic heterocycles. The second-order valence-electron chi connectivity index (χ2n) is 7.70. The summed E-state index contributed by atoms with van der Waals surface area (Å²) in [7, 11) is 0. The number of hydrogen-bond acceptors (Lipinski definition) is 4. The molecule has 1 amide bonds. The first-order valence-electron chi connectivity index (χ1n) is 10.4. The Morgan fingerprint density at radius 1 is 1.06 bits per heavy atom. The minimum absolute atomic E-state index is 0.00714. The van der Waals surface area contributed by atoms with Crippen molar-refractivity contribution in [2.45, 2.75) is 13.3 Å². The van der Waals surface area contributed by atoms with Crippen LogP contribution in [0.5, 0.6) is 0 Å². The van der Waals surface area contributed by atoms with Crippen LogP contribution in [0.3, 0.4) is 0 Å². The van der Waals surface area contributed by atoms with E-state index in [0.717, 1.165) is 22.3 Å². The first-order chi connectivity index (χ1) is 15.8. The molecule has 8 nitrogen and oxygen atoms in total. The summed E-state index contributed by atoms with van der Waals surface area (Å²) in [5, 5.41) is 19.0. The van der Waals surface area contributed by atoms with Gasteiger partial charge in [0.25, 0.3) is 5.91 Å². The molecular weight excluding hydrogens is 418 g/mol. The number of nitrogen functional groups attached to an aromatic ring is 1. The average molecular weight is 441 g/mol. The van der Waals surface area contributed by atoms with Gasteiger partial charge in [-0.25, -0.2) is 4.98 Å². The highest BCUT2D eigenvalue weighted by Gasteiger charge is 2.17. The first kappa shape index (κ1) is 21.8. The lowest BCUT2D eigenvalue weighted by atomic mass is 10.1. The van der Waals surface area contributed by atoms with Crippen molar-refractivity contribution in [3.63, 3.8) is 0 Å². The molecule has 0 fully saturated rings. The van der Waals surface area contributed by atoms with Crippen LogP contribution < -0.4 is 11.1 Å². The van der Waals surface area contributed by atoms with Crippen molar-refractivity contribution in [3.8, 4) is 17.1 Å². The predicted molar refractivity (Wildman–Crippen MR) is 127 cm³/mol. The maximum Gasteiger partial charge on any atom is 0.305 e. The first-order valence-corrected chi connectivity index (χ1v) is 10.4. The van der Waals surface area contributed by atoms with Gasteiger partial charge in [0, 0.05) is 28.9 Å². The summed E-state index contributed by atoms with van der Waals surface area (Å²) in [5.74, 6) is -0.639. The van der Waals surface area contributed by atoms with Gasteiger partial charge in [0.2, 0.25) is 0 Å². The Morgan fingerprint density at radius 3 is 2.45 bits per heavy atom. The standard InChI is InChI=1S/C25H23N5O3/c1-15-3-2-4-19(13-15)30-21-10-9-18(25(33)28-12-11-22(31)32)14-20(21)29-24(30)17-7-5-16(6-8-17)23(26)27/h2-10,13-14H,11-12H2,1H3,(H3,26,27)(H,28,33)(H,31,32). The molecule has 0 bridgehead atoms. The molecule has 166 valence electrons. The molecule has 5 N–H and O–H groups in total. The maximum atomic E-state index is 12.5. The molecule has 0 saturated heterocycles. The molecule has 0 spiro atoms. The van der Waals surface area contributed by atoms with Gasteiger partial charge in [0.15, 0.2) is 0 Å². The SMILES string of the molecule is Cc1cccc(-n2c(-c3ccc(C(=N)N)cc3)nc3cc(C(=O)NCCC(=O)O)ccc32)c1. The number of aromatic nitrogens is 2.